The topological polar surface area (TPSA) is 23.6 Å². The number of Topliss-reactive ketones (excluding diaryl/α,β-unsaturated/α-hetero) is 1. The molecule has 0 N–H and O–H groups in total. The summed E-state index contributed by atoms with van der Waals surface area (Å²) in [6, 6.07) is 20.6. The third-order valence-electron chi connectivity index (χ3n) is 8.96. The largest absolute Gasteiger partial charge is 0.416 e. The van der Waals surface area contributed by atoms with E-state index in [9.17, 15) is 18.0 Å². The molecular weight excluding hydrogens is 592 g/mol. The molecule has 234 valence electrons. The highest BCUT2D eigenvalue weighted by Crippen LogP contribution is 2.30. The van der Waals surface area contributed by atoms with E-state index in [0.29, 0.717) is 24.4 Å². The molecule has 0 aromatic heterocycles. The average molecular weight is 636 g/mol. The van der Waals surface area contributed by atoms with Crippen molar-refractivity contribution in [3.8, 4) is 0 Å². The zero-order valence-electron chi connectivity index (χ0n) is 24.9. The van der Waals surface area contributed by atoms with Crippen molar-refractivity contribution in [2.24, 2.45) is 5.92 Å². The fourth-order valence-corrected chi connectivity index (χ4v) is 6.36. The second-order valence-electron chi connectivity index (χ2n) is 11.9. The maximum Gasteiger partial charge on any atom is 0.416 e. The molecule has 3 aromatic rings. The number of nitrogens with zero attached hydrogens (tertiary/aromatic N) is 2. The van der Waals surface area contributed by atoms with Crippen molar-refractivity contribution >= 4 is 30.6 Å². The number of fused-ring (bicyclic) bond motifs is 1. The van der Waals surface area contributed by atoms with Crippen LogP contribution in [0.2, 0.25) is 0 Å². The highest BCUT2D eigenvalue weighted by molar-refractivity contribution is 5.96. The predicted octanol–water partition coefficient (Wildman–Crippen LogP) is 8.72. The third-order valence-corrected chi connectivity index (χ3v) is 8.96. The van der Waals surface area contributed by atoms with Gasteiger partial charge in [-0.25, -0.2) is 0 Å². The van der Waals surface area contributed by atoms with E-state index < -0.39 is 11.7 Å². The number of ketones is 1. The number of alkyl halides is 3. The Morgan fingerprint density at radius 3 is 2.23 bits per heavy atom. The molecule has 0 amide bonds. The Hall–Kier alpha value is -2.38. The molecule has 1 fully saturated rings. The lowest BCUT2D eigenvalue weighted by Gasteiger charge is -2.32. The van der Waals surface area contributed by atoms with Crippen molar-refractivity contribution < 1.29 is 18.0 Å². The maximum atomic E-state index is 13.1. The van der Waals surface area contributed by atoms with Crippen molar-refractivity contribution in [3.63, 3.8) is 0 Å². The number of rotatable bonds is 9. The van der Waals surface area contributed by atoms with E-state index in [4.69, 9.17) is 0 Å². The molecule has 1 saturated heterocycles. The lowest BCUT2D eigenvalue weighted by Crippen LogP contribution is -2.33. The molecule has 0 bridgehead atoms. The number of likely N-dealkylation sites (tertiary alicyclic amines) is 1. The van der Waals surface area contributed by atoms with E-state index in [1.54, 1.807) is 6.07 Å². The minimum Gasteiger partial charge on any atom is -0.299 e. The lowest BCUT2D eigenvalue weighted by molar-refractivity contribution is -0.137. The van der Waals surface area contributed by atoms with Gasteiger partial charge in [0, 0.05) is 38.2 Å². The minimum atomic E-state index is -4.30. The van der Waals surface area contributed by atoms with Gasteiger partial charge in [0.05, 0.1) is 5.56 Å². The Morgan fingerprint density at radius 1 is 0.814 bits per heavy atom. The molecule has 0 unspecified atom stereocenters. The highest BCUT2D eigenvalue weighted by Gasteiger charge is 2.30. The SMILES string of the molecule is Cc1ccccc1CN1CCc2ccc(C(=O)CCCC3CCN(Cc4cccc(C(F)(F)F)c4)CC3)cc2CC1.Cl.Cl. The first-order chi connectivity index (χ1) is 19.7. The van der Waals surface area contributed by atoms with E-state index in [1.165, 1.54) is 34.4 Å². The van der Waals surface area contributed by atoms with Crippen molar-refractivity contribution in [3.05, 3.63) is 106 Å². The van der Waals surface area contributed by atoms with Gasteiger partial charge in [-0.1, -0.05) is 54.6 Å². The predicted molar refractivity (Wildman–Crippen MR) is 172 cm³/mol. The van der Waals surface area contributed by atoms with Gasteiger partial charge in [-0.3, -0.25) is 14.6 Å². The van der Waals surface area contributed by atoms with Crippen LogP contribution in [0, 0.1) is 12.8 Å². The van der Waals surface area contributed by atoms with E-state index in [1.807, 2.05) is 6.07 Å². The monoisotopic (exact) mass is 634 g/mol. The van der Waals surface area contributed by atoms with Gasteiger partial charge in [-0.2, -0.15) is 13.2 Å². The Bertz CT molecular complexity index is 1340. The van der Waals surface area contributed by atoms with Crippen LogP contribution in [0.4, 0.5) is 13.2 Å². The molecule has 0 spiro atoms. The van der Waals surface area contributed by atoms with Crippen molar-refractivity contribution in [2.75, 3.05) is 26.2 Å². The second kappa shape index (κ2) is 16.1. The van der Waals surface area contributed by atoms with Gasteiger partial charge >= 0.3 is 6.18 Å². The smallest absolute Gasteiger partial charge is 0.299 e. The standard InChI is InChI=1S/C35H41F3N2O.2ClH/c1-26-6-2-3-9-32(26)25-40-20-16-29-12-13-31(23-30(29)17-21-40)34(41)11-5-7-27-14-18-39(19-15-27)24-28-8-4-10-33(22-28)35(36,37)38;;/h2-4,6,8-10,12-13,22-23,27H,5,7,11,14-21,24-25H2,1H3;2*1H. The van der Waals surface area contributed by atoms with E-state index in [0.717, 1.165) is 82.9 Å². The first-order valence-corrected chi connectivity index (χ1v) is 15.0. The molecular formula is C35H43Cl2F3N2O. The number of carbonyl (C=O) groups is 1. The summed E-state index contributed by atoms with van der Waals surface area (Å²) in [5.41, 5.74) is 6.38. The normalized spacial score (nSPS) is 16.5. The van der Waals surface area contributed by atoms with Crippen molar-refractivity contribution in [1.82, 2.24) is 9.80 Å². The summed E-state index contributed by atoms with van der Waals surface area (Å²) >= 11 is 0. The van der Waals surface area contributed by atoms with E-state index in [2.05, 4.69) is 53.1 Å². The van der Waals surface area contributed by atoms with Crippen LogP contribution >= 0.6 is 24.8 Å². The number of carbonyl (C=O) groups excluding carboxylic acids is 1. The van der Waals surface area contributed by atoms with Gasteiger partial charge in [0.1, 0.15) is 0 Å². The molecule has 2 heterocycles. The summed E-state index contributed by atoms with van der Waals surface area (Å²) in [6.45, 7) is 7.51. The molecule has 8 heteroatoms. The molecule has 0 radical (unpaired) electrons. The summed E-state index contributed by atoms with van der Waals surface area (Å²) in [5.74, 6) is 0.808. The van der Waals surface area contributed by atoms with Crippen LogP contribution in [-0.4, -0.2) is 41.8 Å². The molecule has 0 atom stereocenters. The van der Waals surface area contributed by atoms with Gasteiger partial charge in [-0.05, 0) is 104 Å². The highest BCUT2D eigenvalue weighted by atomic mass is 35.5. The number of piperidine rings is 1. The number of aryl methyl sites for hydroxylation is 1. The molecule has 43 heavy (non-hydrogen) atoms. The van der Waals surface area contributed by atoms with E-state index >= 15 is 0 Å². The zero-order chi connectivity index (χ0) is 28.8. The van der Waals surface area contributed by atoms with Crippen LogP contribution in [0.1, 0.15) is 75.8 Å². The van der Waals surface area contributed by atoms with Crippen LogP contribution in [0.25, 0.3) is 0 Å². The third kappa shape index (κ3) is 9.81. The summed E-state index contributed by atoms with van der Waals surface area (Å²) in [5, 5.41) is 0. The molecule has 2 aliphatic heterocycles. The second-order valence-corrected chi connectivity index (χ2v) is 11.9. The number of hydrogen-bond donors (Lipinski definition) is 0. The van der Waals surface area contributed by atoms with Crippen LogP contribution in [0.5, 0.6) is 0 Å². The Kier molecular flexibility index (Phi) is 13.1. The number of benzene rings is 3. The quantitative estimate of drug-likeness (QED) is 0.220. The summed E-state index contributed by atoms with van der Waals surface area (Å²) in [6.07, 6.45) is 2.24. The van der Waals surface area contributed by atoms with Crippen molar-refractivity contribution in [2.45, 2.75) is 71.1 Å². The minimum absolute atomic E-state index is 0. The Morgan fingerprint density at radius 2 is 1.51 bits per heavy atom. The molecule has 5 rings (SSSR count). The van der Waals surface area contributed by atoms with Crippen LogP contribution in [-0.2, 0) is 32.1 Å². The Labute approximate surface area is 266 Å². The fraction of sp³-hybridized carbons (Fsp3) is 0.457. The van der Waals surface area contributed by atoms with Gasteiger partial charge in [0.2, 0.25) is 0 Å². The first kappa shape index (κ1) is 35.1. The Balaban J connectivity index is 0.00000253. The molecule has 0 saturated carbocycles. The van der Waals surface area contributed by atoms with Gasteiger partial charge in [-0.15, -0.1) is 24.8 Å². The van der Waals surface area contributed by atoms with E-state index in [-0.39, 0.29) is 30.6 Å². The zero-order valence-corrected chi connectivity index (χ0v) is 26.5. The summed E-state index contributed by atoms with van der Waals surface area (Å²) < 4.78 is 39.1. The fourth-order valence-electron chi connectivity index (χ4n) is 6.36. The molecule has 3 aromatic carbocycles. The molecule has 0 aliphatic carbocycles. The average Bonchev–Trinajstić information content (AvgIpc) is 3.16. The summed E-state index contributed by atoms with van der Waals surface area (Å²) in [4.78, 5) is 17.8. The first-order valence-electron chi connectivity index (χ1n) is 15.0. The maximum absolute atomic E-state index is 13.1. The van der Waals surface area contributed by atoms with Crippen LogP contribution in [0.15, 0.2) is 66.7 Å². The summed E-state index contributed by atoms with van der Waals surface area (Å²) in [7, 11) is 0. The lowest BCUT2D eigenvalue weighted by atomic mass is 9.90. The van der Waals surface area contributed by atoms with Gasteiger partial charge < -0.3 is 0 Å². The molecule has 3 nitrogen and oxygen atoms in total. The van der Waals surface area contributed by atoms with Gasteiger partial charge in [0.15, 0.2) is 5.78 Å². The van der Waals surface area contributed by atoms with Gasteiger partial charge in [0.25, 0.3) is 0 Å². The molecule has 2 aliphatic rings. The van der Waals surface area contributed by atoms with Crippen molar-refractivity contribution in [1.29, 1.82) is 0 Å². The number of halogens is 5. The van der Waals surface area contributed by atoms with Crippen LogP contribution < -0.4 is 0 Å². The number of hydrogen-bond acceptors (Lipinski definition) is 3. The van der Waals surface area contributed by atoms with Crippen LogP contribution in [0.3, 0.4) is 0 Å².